The molecule has 0 saturated carbocycles. The van der Waals surface area contributed by atoms with Gasteiger partial charge in [-0.1, -0.05) is 23.7 Å². The van der Waals surface area contributed by atoms with Gasteiger partial charge in [0.05, 0.1) is 18.1 Å². The van der Waals surface area contributed by atoms with Crippen molar-refractivity contribution in [1.29, 1.82) is 0 Å². The van der Waals surface area contributed by atoms with Crippen molar-refractivity contribution in [1.82, 2.24) is 10.2 Å². The highest BCUT2D eigenvalue weighted by Gasteiger charge is 2.27. The number of para-hydroxylation sites is 1. The molecule has 0 spiro atoms. The molecule has 0 bridgehead atoms. The Morgan fingerprint density at radius 3 is 2.95 bits per heavy atom. The Morgan fingerprint density at radius 2 is 2.20 bits per heavy atom. The number of hydrogen-bond donors (Lipinski definition) is 1. The summed E-state index contributed by atoms with van der Waals surface area (Å²) >= 11 is 6.00. The van der Waals surface area contributed by atoms with E-state index in [0.717, 1.165) is 13.1 Å². The fraction of sp³-hybridized carbons (Fsp3) is 0.533. The van der Waals surface area contributed by atoms with Crippen LogP contribution in [-0.2, 0) is 4.79 Å². The second-order valence-electron chi connectivity index (χ2n) is 5.10. The molecule has 1 saturated heterocycles. The first-order valence-corrected chi connectivity index (χ1v) is 7.37. The van der Waals surface area contributed by atoms with Gasteiger partial charge in [-0.25, -0.2) is 0 Å². The van der Waals surface area contributed by atoms with Crippen molar-refractivity contribution in [2.24, 2.45) is 0 Å². The third kappa shape index (κ3) is 3.64. The van der Waals surface area contributed by atoms with E-state index in [1.165, 1.54) is 0 Å². The van der Waals surface area contributed by atoms with E-state index in [-0.39, 0.29) is 11.9 Å². The monoisotopic (exact) mass is 296 g/mol. The van der Waals surface area contributed by atoms with Gasteiger partial charge in [-0.2, -0.15) is 0 Å². The molecule has 2 atom stereocenters. The number of halogens is 1. The van der Waals surface area contributed by atoms with Gasteiger partial charge in [-0.3, -0.25) is 4.79 Å². The molecule has 1 amide bonds. The van der Waals surface area contributed by atoms with Gasteiger partial charge in [-0.15, -0.1) is 0 Å². The highest BCUT2D eigenvalue weighted by atomic mass is 35.5. The molecule has 1 aliphatic heterocycles. The van der Waals surface area contributed by atoms with Crippen LogP contribution in [0.5, 0.6) is 5.75 Å². The van der Waals surface area contributed by atoms with Gasteiger partial charge in [0.1, 0.15) is 5.75 Å². The van der Waals surface area contributed by atoms with Gasteiger partial charge in [0.25, 0.3) is 0 Å². The number of nitrogens with zero attached hydrogens (tertiary/aromatic N) is 1. The van der Waals surface area contributed by atoms with E-state index in [0.29, 0.717) is 29.8 Å². The molecular weight excluding hydrogens is 276 g/mol. The molecule has 1 aromatic rings. The number of carbonyl (C=O) groups is 1. The first-order valence-electron chi connectivity index (χ1n) is 7.00. The number of carbonyl (C=O) groups excluding carboxylic acids is 1. The maximum Gasteiger partial charge on any atom is 0.226 e. The van der Waals surface area contributed by atoms with Crippen molar-refractivity contribution >= 4 is 17.5 Å². The fourth-order valence-electron chi connectivity index (χ4n) is 2.36. The molecule has 1 N–H and O–H groups in total. The standard InChI is InChI=1S/C15H21ClN2O2/c1-11-12(2)18(9-8-17-11)15(19)7-10-20-14-6-4-3-5-13(14)16/h3-6,11-12,17H,7-10H2,1-2H3. The van der Waals surface area contributed by atoms with Crippen molar-refractivity contribution in [3.05, 3.63) is 29.3 Å². The zero-order valence-electron chi connectivity index (χ0n) is 11.9. The van der Waals surface area contributed by atoms with Crippen LogP contribution < -0.4 is 10.1 Å². The zero-order chi connectivity index (χ0) is 14.5. The minimum absolute atomic E-state index is 0.137. The molecule has 2 rings (SSSR count). The van der Waals surface area contributed by atoms with Gasteiger partial charge in [0.2, 0.25) is 5.91 Å². The van der Waals surface area contributed by atoms with Crippen LogP contribution in [0.25, 0.3) is 0 Å². The normalized spacial score (nSPS) is 22.6. The number of nitrogens with one attached hydrogen (secondary N) is 1. The average Bonchev–Trinajstić information content (AvgIpc) is 2.44. The Balaban J connectivity index is 1.82. The Hall–Kier alpha value is -1.26. The van der Waals surface area contributed by atoms with Gasteiger partial charge in [-0.05, 0) is 26.0 Å². The van der Waals surface area contributed by atoms with E-state index in [1.54, 1.807) is 6.07 Å². The summed E-state index contributed by atoms with van der Waals surface area (Å²) in [7, 11) is 0. The fourth-order valence-corrected chi connectivity index (χ4v) is 2.55. The SMILES string of the molecule is CC1NCCN(C(=O)CCOc2ccccc2Cl)C1C. The minimum Gasteiger partial charge on any atom is -0.491 e. The smallest absolute Gasteiger partial charge is 0.226 e. The topological polar surface area (TPSA) is 41.6 Å². The van der Waals surface area contributed by atoms with Crippen molar-refractivity contribution in [3.63, 3.8) is 0 Å². The Morgan fingerprint density at radius 1 is 1.45 bits per heavy atom. The van der Waals surface area contributed by atoms with Gasteiger partial charge in [0, 0.05) is 25.2 Å². The lowest BCUT2D eigenvalue weighted by Gasteiger charge is -2.38. The van der Waals surface area contributed by atoms with Crippen LogP contribution in [0.1, 0.15) is 20.3 Å². The molecule has 5 heteroatoms. The van der Waals surface area contributed by atoms with E-state index in [4.69, 9.17) is 16.3 Å². The molecule has 2 unspecified atom stereocenters. The van der Waals surface area contributed by atoms with Crippen molar-refractivity contribution < 1.29 is 9.53 Å². The Bertz CT molecular complexity index is 467. The molecule has 20 heavy (non-hydrogen) atoms. The van der Waals surface area contributed by atoms with Crippen LogP contribution in [0.3, 0.4) is 0 Å². The summed E-state index contributed by atoms with van der Waals surface area (Å²) in [5.41, 5.74) is 0. The summed E-state index contributed by atoms with van der Waals surface area (Å²) in [6.07, 6.45) is 0.377. The van der Waals surface area contributed by atoms with E-state index in [1.807, 2.05) is 23.1 Å². The number of amides is 1. The summed E-state index contributed by atoms with van der Waals surface area (Å²) in [4.78, 5) is 14.1. The highest BCUT2D eigenvalue weighted by molar-refractivity contribution is 6.32. The predicted molar refractivity (Wildman–Crippen MR) is 80.2 cm³/mol. The van der Waals surface area contributed by atoms with Crippen LogP contribution in [-0.4, -0.2) is 42.6 Å². The molecule has 1 aromatic carbocycles. The molecule has 0 aromatic heterocycles. The van der Waals surface area contributed by atoms with Crippen molar-refractivity contribution in [3.8, 4) is 5.75 Å². The third-order valence-electron chi connectivity index (χ3n) is 3.76. The van der Waals surface area contributed by atoms with Crippen LogP contribution in [0.15, 0.2) is 24.3 Å². The lowest BCUT2D eigenvalue weighted by atomic mass is 10.1. The van der Waals surface area contributed by atoms with E-state index >= 15 is 0 Å². The van der Waals surface area contributed by atoms with Crippen LogP contribution in [0, 0.1) is 0 Å². The first kappa shape index (κ1) is 15.1. The summed E-state index contributed by atoms with van der Waals surface area (Å²) in [5, 5.41) is 3.94. The number of benzene rings is 1. The average molecular weight is 297 g/mol. The number of hydrogen-bond acceptors (Lipinski definition) is 3. The van der Waals surface area contributed by atoms with E-state index in [9.17, 15) is 4.79 Å². The maximum absolute atomic E-state index is 12.2. The molecular formula is C15H21ClN2O2. The third-order valence-corrected chi connectivity index (χ3v) is 4.08. The minimum atomic E-state index is 0.137. The molecule has 1 aliphatic rings. The number of rotatable bonds is 4. The molecule has 4 nitrogen and oxygen atoms in total. The van der Waals surface area contributed by atoms with E-state index in [2.05, 4.69) is 19.2 Å². The Labute approximate surface area is 125 Å². The van der Waals surface area contributed by atoms with Crippen LogP contribution >= 0.6 is 11.6 Å². The van der Waals surface area contributed by atoms with Crippen molar-refractivity contribution in [2.45, 2.75) is 32.4 Å². The largest absolute Gasteiger partial charge is 0.491 e. The summed E-state index contributed by atoms with van der Waals surface area (Å²) in [5.74, 6) is 0.765. The number of ether oxygens (including phenoxy) is 1. The van der Waals surface area contributed by atoms with Crippen LogP contribution in [0.4, 0.5) is 0 Å². The van der Waals surface area contributed by atoms with Gasteiger partial charge < -0.3 is 15.0 Å². The first-order chi connectivity index (χ1) is 9.59. The second-order valence-corrected chi connectivity index (χ2v) is 5.51. The molecule has 110 valence electrons. The molecule has 1 fully saturated rings. The van der Waals surface area contributed by atoms with Crippen LogP contribution in [0.2, 0.25) is 5.02 Å². The van der Waals surface area contributed by atoms with Gasteiger partial charge in [0.15, 0.2) is 0 Å². The second kappa shape index (κ2) is 6.95. The highest BCUT2D eigenvalue weighted by Crippen LogP contribution is 2.23. The van der Waals surface area contributed by atoms with E-state index < -0.39 is 0 Å². The summed E-state index contributed by atoms with van der Waals surface area (Å²) in [6, 6.07) is 7.85. The lowest BCUT2D eigenvalue weighted by molar-refractivity contribution is -0.135. The zero-order valence-corrected chi connectivity index (χ0v) is 12.7. The molecule has 0 radical (unpaired) electrons. The summed E-state index contributed by atoms with van der Waals surface area (Å²) in [6.45, 7) is 6.14. The maximum atomic E-state index is 12.2. The van der Waals surface area contributed by atoms with Crippen molar-refractivity contribution in [2.75, 3.05) is 19.7 Å². The predicted octanol–water partition coefficient (Wildman–Crippen LogP) is 2.32. The molecule has 0 aliphatic carbocycles. The molecule has 1 heterocycles. The Kier molecular flexibility index (Phi) is 5.26. The lowest BCUT2D eigenvalue weighted by Crippen LogP contribution is -2.57. The quantitative estimate of drug-likeness (QED) is 0.927. The number of piperazine rings is 1. The summed E-state index contributed by atoms with van der Waals surface area (Å²) < 4.78 is 5.57. The van der Waals surface area contributed by atoms with Gasteiger partial charge >= 0.3 is 0 Å².